The fourth-order valence-corrected chi connectivity index (χ4v) is 4.08. The summed E-state index contributed by atoms with van der Waals surface area (Å²) in [7, 11) is 0. The van der Waals surface area contributed by atoms with Gasteiger partial charge in [0, 0.05) is 18.8 Å². The molecule has 2 aliphatic heterocycles. The molecule has 2 aromatic rings. The minimum absolute atomic E-state index is 0.00477. The molecule has 2 aliphatic rings. The van der Waals surface area contributed by atoms with E-state index < -0.39 is 23.9 Å². The number of nitrogens with zero attached hydrogens (tertiary/aromatic N) is 3. The Morgan fingerprint density at radius 1 is 1.12 bits per heavy atom. The van der Waals surface area contributed by atoms with Crippen LogP contribution in [0.15, 0.2) is 48.5 Å². The number of imide groups is 1. The maximum Gasteiger partial charge on any atom is 0.408 e. The van der Waals surface area contributed by atoms with Crippen molar-refractivity contribution >= 4 is 35.2 Å². The number of aryl methyl sites for hydroxylation is 1. The Balaban J connectivity index is 1.57. The van der Waals surface area contributed by atoms with Gasteiger partial charge in [0.25, 0.3) is 11.8 Å². The number of rotatable bonds is 5. The second-order valence-corrected chi connectivity index (χ2v) is 7.75. The molecule has 1 N–H and O–H groups in total. The van der Waals surface area contributed by atoms with Crippen molar-refractivity contribution in [2.24, 2.45) is 0 Å². The monoisotopic (exact) mass is 437 g/mol. The molecule has 9 heteroatoms. The molecule has 1 atom stereocenters. The number of carboxylic acid groups (broad SMARTS) is 1. The summed E-state index contributed by atoms with van der Waals surface area (Å²) in [6.07, 6.45) is -1.49. The van der Waals surface area contributed by atoms with Gasteiger partial charge in [-0.15, -0.1) is 0 Å². The van der Waals surface area contributed by atoms with Crippen LogP contribution in [0.3, 0.4) is 0 Å². The number of hydrogen-bond acceptors (Lipinski definition) is 5. The first-order chi connectivity index (χ1) is 15.4. The Kier molecular flexibility index (Phi) is 5.91. The molecule has 4 amide bonds. The van der Waals surface area contributed by atoms with E-state index in [2.05, 4.69) is 0 Å². The summed E-state index contributed by atoms with van der Waals surface area (Å²) in [6, 6.07) is 12.8. The number of benzene rings is 2. The lowest BCUT2D eigenvalue weighted by atomic mass is 10.1. The minimum Gasteiger partial charge on any atom is -0.465 e. The summed E-state index contributed by atoms with van der Waals surface area (Å²) in [5.74, 6) is -1.20. The lowest BCUT2D eigenvalue weighted by molar-refractivity contribution is -0.126. The van der Waals surface area contributed by atoms with Crippen molar-refractivity contribution in [2.45, 2.75) is 25.9 Å². The summed E-state index contributed by atoms with van der Waals surface area (Å²) >= 11 is 0. The van der Waals surface area contributed by atoms with Gasteiger partial charge in [0.1, 0.15) is 12.6 Å². The fourth-order valence-electron chi connectivity index (χ4n) is 4.08. The van der Waals surface area contributed by atoms with Gasteiger partial charge in [-0.1, -0.05) is 30.3 Å². The zero-order valence-electron chi connectivity index (χ0n) is 17.6. The molecule has 2 heterocycles. The molecule has 4 rings (SSSR count). The third kappa shape index (κ3) is 4.06. The van der Waals surface area contributed by atoms with Crippen molar-refractivity contribution in [3.8, 4) is 0 Å². The van der Waals surface area contributed by atoms with Crippen LogP contribution in [0, 0.1) is 6.92 Å². The van der Waals surface area contributed by atoms with Crippen molar-refractivity contribution in [3.63, 3.8) is 0 Å². The van der Waals surface area contributed by atoms with Crippen LogP contribution in [-0.4, -0.2) is 59.6 Å². The van der Waals surface area contributed by atoms with E-state index in [-0.39, 0.29) is 25.5 Å². The van der Waals surface area contributed by atoms with Crippen molar-refractivity contribution in [3.05, 3.63) is 59.7 Å². The zero-order chi connectivity index (χ0) is 22.8. The average molecular weight is 437 g/mol. The van der Waals surface area contributed by atoms with Gasteiger partial charge in [-0.2, -0.15) is 0 Å². The second-order valence-electron chi connectivity index (χ2n) is 7.75. The quantitative estimate of drug-likeness (QED) is 0.719. The van der Waals surface area contributed by atoms with Crippen molar-refractivity contribution in [2.75, 3.05) is 29.6 Å². The molecule has 32 heavy (non-hydrogen) atoms. The predicted octanol–water partition coefficient (Wildman–Crippen LogP) is 2.17. The van der Waals surface area contributed by atoms with Gasteiger partial charge in [-0.05, 0) is 36.2 Å². The first-order valence-corrected chi connectivity index (χ1v) is 10.3. The molecule has 9 nitrogen and oxygen atoms in total. The lowest BCUT2D eigenvalue weighted by Gasteiger charge is -2.29. The number of ether oxygens (including phenoxy) is 1. The van der Waals surface area contributed by atoms with E-state index in [0.717, 1.165) is 20.9 Å². The Bertz CT molecular complexity index is 1070. The third-order valence-corrected chi connectivity index (χ3v) is 5.66. The number of morpholine rings is 1. The molecule has 166 valence electrons. The highest BCUT2D eigenvalue weighted by molar-refractivity contribution is 6.23. The van der Waals surface area contributed by atoms with Crippen molar-refractivity contribution < 1.29 is 29.0 Å². The molecule has 2 aromatic carbocycles. The van der Waals surface area contributed by atoms with E-state index in [1.165, 1.54) is 0 Å². The topological polar surface area (TPSA) is 107 Å². The van der Waals surface area contributed by atoms with Gasteiger partial charge in [0.2, 0.25) is 5.91 Å². The smallest absolute Gasteiger partial charge is 0.408 e. The van der Waals surface area contributed by atoms with Gasteiger partial charge in [-0.25, -0.2) is 9.69 Å². The van der Waals surface area contributed by atoms with E-state index in [9.17, 15) is 24.3 Å². The van der Waals surface area contributed by atoms with Crippen LogP contribution in [0.1, 0.15) is 17.5 Å². The van der Waals surface area contributed by atoms with Gasteiger partial charge in [-0.3, -0.25) is 19.3 Å². The Labute approximate surface area is 184 Å². The van der Waals surface area contributed by atoms with E-state index >= 15 is 0 Å². The number of amides is 4. The van der Waals surface area contributed by atoms with Crippen LogP contribution in [0.5, 0.6) is 0 Å². The maximum atomic E-state index is 13.1. The Hall–Kier alpha value is -3.72. The van der Waals surface area contributed by atoms with E-state index in [1.54, 1.807) is 54.3 Å². The number of anilines is 2. The fraction of sp³-hybridized carbons (Fsp3) is 0.304. The summed E-state index contributed by atoms with van der Waals surface area (Å²) in [5.41, 5.74) is 2.49. The first-order valence-electron chi connectivity index (χ1n) is 10.3. The lowest BCUT2D eigenvalue weighted by Crippen LogP contribution is -2.44. The molecule has 0 aromatic heterocycles. The van der Waals surface area contributed by atoms with Crippen molar-refractivity contribution in [1.82, 2.24) is 4.90 Å². The first kappa shape index (κ1) is 21.5. The summed E-state index contributed by atoms with van der Waals surface area (Å²) < 4.78 is 5.16. The van der Waals surface area contributed by atoms with Gasteiger partial charge >= 0.3 is 6.09 Å². The Morgan fingerprint density at radius 3 is 2.53 bits per heavy atom. The number of carbonyl (C=O) groups is 4. The maximum absolute atomic E-state index is 13.1. The summed E-state index contributed by atoms with van der Waals surface area (Å²) in [6.45, 7) is 2.67. The van der Waals surface area contributed by atoms with Crippen LogP contribution in [0.2, 0.25) is 0 Å². The van der Waals surface area contributed by atoms with Crippen LogP contribution in [0.4, 0.5) is 16.2 Å². The zero-order valence-corrected chi connectivity index (χ0v) is 17.6. The van der Waals surface area contributed by atoms with E-state index in [0.29, 0.717) is 24.5 Å². The average Bonchev–Trinajstić information content (AvgIpc) is 3.06. The number of carbonyl (C=O) groups excluding carboxylic acids is 3. The van der Waals surface area contributed by atoms with Gasteiger partial charge in [0.15, 0.2) is 0 Å². The molecule has 1 unspecified atom stereocenters. The van der Waals surface area contributed by atoms with Crippen molar-refractivity contribution in [1.29, 1.82) is 0 Å². The summed E-state index contributed by atoms with van der Waals surface area (Å²) in [4.78, 5) is 53.5. The van der Waals surface area contributed by atoms with Crippen LogP contribution >= 0.6 is 0 Å². The third-order valence-electron chi connectivity index (χ3n) is 5.66. The van der Waals surface area contributed by atoms with E-state index in [4.69, 9.17) is 4.74 Å². The molecular formula is C23H23N3O6. The summed E-state index contributed by atoms with van der Waals surface area (Å²) in [5, 5.41) is 9.70. The molecule has 0 saturated carbocycles. The highest BCUT2D eigenvalue weighted by atomic mass is 16.5. The Morgan fingerprint density at radius 2 is 1.88 bits per heavy atom. The van der Waals surface area contributed by atoms with E-state index in [1.807, 2.05) is 6.07 Å². The molecule has 0 spiro atoms. The molecule has 0 radical (unpaired) electrons. The highest BCUT2D eigenvalue weighted by Gasteiger charge is 2.44. The second kappa shape index (κ2) is 8.80. The largest absolute Gasteiger partial charge is 0.465 e. The SMILES string of the molecule is Cc1cc(N2C(=O)CC(N(Cc3ccccc3)C(=O)O)C2=O)ccc1N1CCOCC1=O. The predicted molar refractivity (Wildman–Crippen MR) is 115 cm³/mol. The van der Waals surface area contributed by atoms with Gasteiger partial charge in [0.05, 0.1) is 18.7 Å². The molecule has 2 fully saturated rings. The molecule has 2 saturated heterocycles. The van der Waals surface area contributed by atoms with Gasteiger partial charge < -0.3 is 14.7 Å². The molecule has 0 bridgehead atoms. The van der Waals surface area contributed by atoms with Crippen LogP contribution < -0.4 is 9.80 Å². The number of hydrogen-bond donors (Lipinski definition) is 1. The standard InChI is InChI=1S/C23H23N3O6/c1-15-11-17(7-8-18(15)24-9-10-32-14-21(24)28)26-20(27)12-19(22(26)29)25(23(30)31)13-16-5-3-2-4-6-16/h2-8,11,19H,9-10,12-14H2,1H3,(H,30,31). The molecule has 0 aliphatic carbocycles. The normalized spacial score (nSPS) is 18.9. The highest BCUT2D eigenvalue weighted by Crippen LogP contribution is 2.31. The molecular weight excluding hydrogens is 414 g/mol. The minimum atomic E-state index is -1.26. The van der Waals surface area contributed by atoms with Crippen LogP contribution in [0.25, 0.3) is 0 Å². The van der Waals surface area contributed by atoms with Crippen LogP contribution in [-0.2, 0) is 25.7 Å².